The van der Waals surface area contributed by atoms with E-state index in [9.17, 15) is 14.0 Å². The number of benzene rings is 1. The Bertz CT molecular complexity index is 603. The number of amides is 2. The van der Waals surface area contributed by atoms with Crippen LogP contribution < -0.4 is 10.6 Å². The number of piperidine rings is 1. The molecule has 0 bridgehead atoms. The van der Waals surface area contributed by atoms with Gasteiger partial charge in [0.1, 0.15) is 5.82 Å². The number of halogens is 1. The molecule has 2 N–H and O–H groups in total. The second-order valence-corrected chi connectivity index (χ2v) is 7.06. The fourth-order valence-corrected chi connectivity index (χ4v) is 4.08. The molecule has 1 saturated heterocycles. The third kappa shape index (κ3) is 5.01. The zero-order valence-electron chi connectivity index (χ0n) is 14.5. The van der Waals surface area contributed by atoms with Crippen molar-refractivity contribution in [1.29, 1.82) is 0 Å². The fraction of sp³-hybridized carbons (Fsp3) is 0.579. The summed E-state index contributed by atoms with van der Waals surface area (Å²) in [7, 11) is 0. The number of carbonyl (C=O) groups excluding carboxylic acids is 2. The Morgan fingerprint density at radius 2 is 1.76 bits per heavy atom. The molecule has 3 rings (SSSR count). The molecule has 1 heterocycles. The van der Waals surface area contributed by atoms with E-state index in [2.05, 4.69) is 15.5 Å². The summed E-state index contributed by atoms with van der Waals surface area (Å²) in [4.78, 5) is 26.4. The van der Waals surface area contributed by atoms with Crippen LogP contribution in [0.1, 0.15) is 38.5 Å². The molecule has 1 aliphatic carbocycles. The summed E-state index contributed by atoms with van der Waals surface area (Å²) < 4.78 is 12.8. The number of likely N-dealkylation sites (tertiary alicyclic amines) is 1. The molecule has 2 atom stereocenters. The van der Waals surface area contributed by atoms with Crippen molar-refractivity contribution in [3.05, 3.63) is 30.1 Å². The van der Waals surface area contributed by atoms with Gasteiger partial charge in [0.2, 0.25) is 11.8 Å². The van der Waals surface area contributed by atoms with Crippen molar-refractivity contribution in [1.82, 2.24) is 10.2 Å². The average Bonchev–Trinajstić information content (AvgIpc) is 2.62. The lowest BCUT2D eigenvalue weighted by Crippen LogP contribution is -2.51. The Kier molecular flexibility index (Phi) is 6.02. The average molecular weight is 347 g/mol. The Morgan fingerprint density at radius 1 is 1.04 bits per heavy atom. The largest absolute Gasteiger partial charge is 0.346 e. The fourth-order valence-electron chi connectivity index (χ4n) is 4.08. The smallest absolute Gasteiger partial charge is 0.243 e. The van der Waals surface area contributed by atoms with Crippen LogP contribution in [-0.2, 0) is 9.59 Å². The first-order chi connectivity index (χ1) is 12.1. The molecular formula is C19H26FN3O2. The minimum atomic E-state index is -0.353. The van der Waals surface area contributed by atoms with E-state index < -0.39 is 0 Å². The lowest BCUT2D eigenvalue weighted by molar-refractivity contribution is -0.126. The van der Waals surface area contributed by atoms with Gasteiger partial charge >= 0.3 is 0 Å². The molecule has 2 aliphatic rings. The van der Waals surface area contributed by atoms with Gasteiger partial charge in [-0.05, 0) is 62.4 Å². The van der Waals surface area contributed by atoms with Crippen molar-refractivity contribution in [2.45, 2.75) is 44.6 Å². The van der Waals surface area contributed by atoms with E-state index in [0.29, 0.717) is 18.3 Å². The number of carbonyl (C=O) groups is 2. The van der Waals surface area contributed by atoms with Gasteiger partial charge in [0.25, 0.3) is 0 Å². The topological polar surface area (TPSA) is 61.4 Å². The molecule has 5 nitrogen and oxygen atoms in total. The molecule has 1 aromatic carbocycles. The summed E-state index contributed by atoms with van der Waals surface area (Å²) in [5, 5.41) is 5.33. The minimum Gasteiger partial charge on any atom is -0.346 e. The molecular weight excluding hydrogens is 321 g/mol. The number of anilines is 1. The molecule has 25 heavy (non-hydrogen) atoms. The lowest BCUT2D eigenvalue weighted by Gasteiger charge is -2.43. The lowest BCUT2D eigenvalue weighted by atomic mass is 9.78. The minimum absolute atomic E-state index is 0.0713. The normalized spacial score (nSPS) is 23.6. The quantitative estimate of drug-likeness (QED) is 0.860. The van der Waals surface area contributed by atoms with Gasteiger partial charge in [-0.25, -0.2) is 4.39 Å². The number of nitrogens with one attached hydrogen (secondary N) is 2. The van der Waals surface area contributed by atoms with Crippen LogP contribution in [0.2, 0.25) is 0 Å². The van der Waals surface area contributed by atoms with E-state index in [1.807, 2.05) is 0 Å². The predicted octanol–water partition coefficient (Wildman–Crippen LogP) is 2.54. The molecule has 0 radical (unpaired) electrons. The van der Waals surface area contributed by atoms with Gasteiger partial charge < -0.3 is 10.6 Å². The standard InChI is InChI=1S/C19H26FN3O2/c20-15-7-9-16(10-8-15)22-18(24)12-21-19(25)13-23-11-3-5-14-4-1-2-6-17(14)23/h7-10,14,17H,1-6,11-13H2,(H,21,25)(H,22,24)/t14-,17-/m0/s1. The molecule has 1 aromatic rings. The number of fused-ring (bicyclic) bond motifs is 1. The summed E-state index contributed by atoms with van der Waals surface area (Å²) in [6, 6.07) is 6.08. The van der Waals surface area contributed by atoms with Gasteiger partial charge in [0.15, 0.2) is 0 Å². The van der Waals surface area contributed by atoms with Gasteiger partial charge in [0.05, 0.1) is 13.1 Å². The summed E-state index contributed by atoms with van der Waals surface area (Å²) >= 11 is 0. The van der Waals surface area contributed by atoms with Crippen LogP contribution in [0.3, 0.4) is 0 Å². The van der Waals surface area contributed by atoms with Crippen LogP contribution >= 0.6 is 0 Å². The summed E-state index contributed by atoms with van der Waals surface area (Å²) in [6.07, 6.45) is 7.46. The highest BCUT2D eigenvalue weighted by molar-refractivity contribution is 5.94. The number of rotatable bonds is 5. The van der Waals surface area contributed by atoms with E-state index in [0.717, 1.165) is 18.9 Å². The van der Waals surface area contributed by atoms with Crippen molar-refractivity contribution in [3.63, 3.8) is 0 Å². The molecule has 0 aromatic heterocycles. The maximum Gasteiger partial charge on any atom is 0.243 e. The molecule has 6 heteroatoms. The number of hydrogen-bond acceptors (Lipinski definition) is 3. The third-order valence-electron chi connectivity index (χ3n) is 5.28. The van der Waals surface area contributed by atoms with Gasteiger partial charge in [-0.2, -0.15) is 0 Å². The van der Waals surface area contributed by atoms with E-state index in [4.69, 9.17) is 0 Å². The monoisotopic (exact) mass is 347 g/mol. The molecule has 136 valence electrons. The number of nitrogens with zero attached hydrogens (tertiary/aromatic N) is 1. The van der Waals surface area contributed by atoms with Crippen LogP contribution in [0.25, 0.3) is 0 Å². The molecule has 2 amide bonds. The van der Waals surface area contributed by atoms with Crippen LogP contribution in [0, 0.1) is 11.7 Å². The van der Waals surface area contributed by atoms with Crippen molar-refractivity contribution in [2.75, 3.05) is 25.0 Å². The zero-order valence-corrected chi connectivity index (χ0v) is 14.5. The first kappa shape index (κ1) is 17.9. The maximum atomic E-state index is 12.8. The van der Waals surface area contributed by atoms with Crippen molar-refractivity contribution >= 4 is 17.5 Å². The van der Waals surface area contributed by atoms with Crippen LogP contribution in [0.5, 0.6) is 0 Å². The highest BCUT2D eigenvalue weighted by Gasteiger charge is 2.33. The van der Waals surface area contributed by atoms with Gasteiger partial charge in [-0.1, -0.05) is 12.8 Å². The van der Waals surface area contributed by atoms with E-state index in [1.54, 1.807) is 0 Å². The van der Waals surface area contributed by atoms with Crippen LogP contribution in [-0.4, -0.2) is 42.4 Å². The van der Waals surface area contributed by atoms with Crippen LogP contribution in [0.15, 0.2) is 24.3 Å². The highest BCUT2D eigenvalue weighted by atomic mass is 19.1. The Balaban J connectivity index is 1.42. The Morgan fingerprint density at radius 3 is 2.56 bits per heavy atom. The second-order valence-electron chi connectivity index (χ2n) is 7.06. The van der Waals surface area contributed by atoms with E-state index in [1.165, 1.54) is 56.4 Å². The van der Waals surface area contributed by atoms with Crippen molar-refractivity contribution < 1.29 is 14.0 Å². The van der Waals surface area contributed by atoms with E-state index in [-0.39, 0.29) is 24.2 Å². The molecule has 2 fully saturated rings. The first-order valence-corrected chi connectivity index (χ1v) is 9.18. The molecule has 0 unspecified atom stereocenters. The zero-order chi connectivity index (χ0) is 17.6. The summed E-state index contributed by atoms with van der Waals surface area (Å²) in [6.45, 7) is 1.26. The van der Waals surface area contributed by atoms with Crippen molar-refractivity contribution in [3.8, 4) is 0 Å². The Labute approximate surface area is 148 Å². The summed E-state index contributed by atoms with van der Waals surface area (Å²) in [5.74, 6) is -0.0412. The maximum absolute atomic E-state index is 12.8. The van der Waals surface area contributed by atoms with Gasteiger partial charge in [0, 0.05) is 11.7 Å². The second kappa shape index (κ2) is 8.43. The van der Waals surface area contributed by atoms with Crippen LogP contribution in [0.4, 0.5) is 10.1 Å². The van der Waals surface area contributed by atoms with E-state index >= 15 is 0 Å². The third-order valence-corrected chi connectivity index (χ3v) is 5.28. The Hall–Kier alpha value is -1.95. The SMILES string of the molecule is O=C(CN1CCC[C@@H]2CCCC[C@@H]21)NCC(=O)Nc1ccc(F)cc1. The van der Waals surface area contributed by atoms with Gasteiger partial charge in [-0.15, -0.1) is 0 Å². The highest BCUT2D eigenvalue weighted by Crippen LogP contribution is 2.34. The molecule has 1 saturated carbocycles. The van der Waals surface area contributed by atoms with Gasteiger partial charge in [-0.3, -0.25) is 14.5 Å². The first-order valence-electron chi connectivity index (χ1n) is 9.18. The summed E-state index contributed by atoms with van der Waals surface area (Å²) in [5.41, 5.74) is 0.515. The molecule has 0 spiro atoms. The number of hydrogen-bond donors (Lipinski definition) is 2. The molecule has 1 aliphatic heterocycles. The van der Waals surface area contributed by atoms with Crippen molar-refractivity contribution in [2.24, 2.45) is 5.92 Å². The predicted molar refractivity (Wildman–Crippen MR) is 94.6 cm³/mol.